The number of hydrogen-bond donors (Lipinski definition) is 0. The molecule has 0 radical (unpaired) electrons. The topological polar surface area (TPSA) is 43.1 Å². The molecule has 1 unspecified atom stereocenters. The number of aromatic nitrogens is 4. The highest BCUT2D eigenvalue weighted by atomic mass is 35.5. The van der Waals surface area contributed by atoms with Gasteiger partial charge in [0.15, 0.2) is 5.65 Å². The van der Waals surface area contributed by atoms with Crippen LogP contribution in [0.4, 0.5) is 0 Å². The Bertz CT molecular complexity index is 583. The molecule has 0 N–H and O–H groups in total. The third kappa shape index (κ3) is 3.44. The van der Waals surface area contributed by atoms with Crippen LogP contribution < -0.4 is 0 Å². The van der Waals surface area contributed by atoms with Crippen molar-refractivity contribution in [3.8, 4) is 0 Å². The summed E-state index contributed by atoms with van der Waals surface area (Å²) in [7, 11) is 0. The largest absolute Gasteiger partial charge is 0.267 e. The summed E-state index contributed by atoms with van der Waals surface area (Å²) in [5.41, 5.74) is 1.10. The van der Waals surface area contributed by atoms with Gasteiger partial charge < -0.3 is 0 Å². The first-order chi connectivity index (χ1) is 8.76. The lowest BCUT2D eigenvalue weighted by Crippen LogP contribution is -2.14. The molecule has 0 aliphatic carbocycles. The van der Waals surface area contributed by atoms with E-state index in [0.29, 0.717) is 16.5 Å². The maximum Gasteiger partial charge on any atom is 0.165 e. The minimum absolute atomic E-state index is 0.330. The summed E-state index contributed by atoms with van der Waals surface area (Å²) in [6, 6.07) is 1.75. The maximum absolute atomic E-state index is 5.93. The third-order valence-electron chi connectivity index (χ3n) is 3.09. The molecule has 0 saturated heterocycles. The summed E-state index contributed by atoms with van der Waals surface area (Å²) < 4.78 is 1.99. The van der Waals surface area contributed by atoms with Crippen LogP contribution in [0.15, 0.2) is 6.07 Å². The second-order valence-electron chi connectivity index (χ2n) is 6.51. The van der Waals surface area contributed by atoms with Crippen molar-refractivity contribution in [3.05, 3.63) is 22.9 Å². The number of hydrogen-bond acceptors (Lipinski definition) is 3. The van der Waals surface area contributed by atoms with Gasteiger partial charge in [-0.05, 0) is 24.7 Å². The first kappa shape index (κ1) is 14.3. The van der Waals surface area contributed by atoms with Crippen molar-refractivity contribution in [2.75, 3.05) is 0 Å². The molecule has 4 nitrogen and oxygen atoms in total. The van der Waals surface area contributed by atoms with E-state index in [0.717, 1.165) is 30.1 Å². The van der Waals surface area contributed by atoms with Gasteiger partial charge in [0.2, 0.25) is 0 Å². The monoisotopic (exact) mass is 280 g/mol. The van der Waals surface area contributed by atoms with Crippen LogP contribution in [0.3, 0.4) is 0 Å². The number of halogens is 1. The second kappa shape index (κ2) is 5.08. The maximum atomic E-state index is 5.93. The quantitative estimate of drug-likeness (QED) is 0.805. The SMILES string of the molecule is Cc1nc(Cl)cc2nnc(CC(C)CC(C)(C)C)n12. The van der Waals surface area contributed by atoms with Crippen molar-refractivity contribution in [1.29, 1.82) is 0 Å². The molecule has 5 heteroatoms. The van der Waals surface area contributed by atoms with Gasteiger partial charge in [0.25, 0.3) is 0 Å². The second-order valence-corrected chi connectivity index (χ2v) is 6.90. The Kier molecular flexibility index (Phi) is 3.81. The van der Waals surface area contributed by atoms with Crippen molar-refractivity contribution < 1.29 is 0 Å². The summed E-state index contributed by atoms with van der Waals surface area (Å²) in [6.45, 7) is 11.0. The molecular formula is C14H21ClN4. The van der Waals surface area contributed by atoms with Gasteiger partial charge in [-0.3, -0.25) is 4.40 Å². The first-order valence-corrected chi connectivity index (χ1v) is 7.01. The van der Waals surface area contributed by atoms with E-state index in [-0.39, 0.29) is 0 Å². The minimum Gasteiger partial charge on any atom is -0.267 e. The Hall–Kier alpha value is -1.16. The summed E-state index contributed by atoms with van der Waals surface area (Å²) in [5.74, 6) is 2.36. The predicted octanol–water partition coefficient (Wildman–Crippen LogP) is 3.70. The van der Waals surface area contributed by atoms with Crippen molar-refractivity contribution in [3.63, 3.8) is 0 Å². The van der Waals surface area contributed by atoms with Gasteiger partial charge in [-0.2, -0.15) is 0 Å². The van der Waals surface area contributed by atoms with Crippen LogP contribution in [0.25, 0.3) is 5.65 Å². The van der Waals surface area contributed by atoms with Crippen LogP contribution in [-0.2, 0) is 6.42 Å². The van der Waals surface area contributed by atoms with E-state index in [1.165, 1.54) is 0 Å². The number of nitrogens with zero attached hydrogens (tertiary/aromatic N) is 4. The van der Waals surface area contributed by atoms with Crippen LogP contribution in [0.2, 0.25) is 5.15 Å². The predicted molar refractivity (Wildman–Crippen MR) is 77.5 cm³/mol. The average Bonchev–Trinajstić information content (AvgIpc) is 2.57. The van der Waals surface area contributed by atoms with Crippen LogP contribution in [-0.4, -0.2) is 19.6 Å². The van der Waals surface area contributed by atoms with Crippen LogP contribution in [0.5, 0.6) is 0 Å². The molecule has 0 aliphatic rings. The zero-order valence-electron chi connectivity index (χ0n) is 12.2. The number of rotatable bonds is 3. The summed E-state index contributed by atoms with van der Waals surface area (Å²) in [4.78, 5) is 4.26. The highest BCUT2D eigenvalue weighted by Gasteiger charge is 2.18. The first-order valence-electron chi connectivity index (χ1n) is 6.63. The van der Waals surface area contributed by atoms with E-state index in [9.17, 15) is 0 Å². The third-order valence-corrected chi connectivity index (χ3v) is 3.28. The number of fused-ring (bicyclic) bond motifs is 1. The molecule has 19 heavy (non-hydrogen) atoms. The van der Waals surface area contributed by atoms with E-state index in [1.54, 1.807) is 6.07 Å². The lowest BCUT2D eigenvalue weighted by molar-refractivity contribution is 0.303. The van der Waals surface area contributed by atoms with Gasteiger partial charge in [-0.15, -0.1) is 10.2 Å². The molecule has 0 amide bonds. The van der Waals surface area contributed by atoms with Gasteiger partial charge in [-0.1, -0.05) is 39.3 Å². The van der Waals surface area contributed by atoms with E-state index >= 15 is 0 Å². The molecule has 0 fully saturated rings. The average molecular weight is 281 g/mol. The lowest BCUT2D eigenvalue weighted by atomic mass is 9.84. The highest BCUT2D eigenvalue weighted by Crippen LogP contribution is 2.26. The van der Waals surface area contributed by atoms with E-state index in [2.05, 4.69) is 42.9 Å². The molecule has 0 aromatic carbocycles. The van der Waals surface area contributed by atoms with Gasteiger partial charge >= 0.3 is 0 Å². The van der Waals surface area contributed by atoms with E-state index in [1.807, 2.05) is 11.3 Å². The summed E-state index contributed by atoms with van der Waals surface area (Å²) in [6.07, 6.45) is 2.06. The fraction of sp³-hybridized carbons (Fsp3) is 0.643. The summed E-state index contributed by atoms with van der Waals surface area (Å²) >= 11 is 5.93. The normalized spacial score (nSPS) is 14.0. The van der Waals surface area contributed by atoms with Crippen LogP contribution in [0.1, 0.15) is 45.8 Å². The van der Waals surface area contributed by atoms with Crippen LogP contribution in [0, 0.1) is 18.3 Å². The van der Waals surface area contributed by atoms with E-state index < -0.39 is 0 Å². The molecule has 2 heterocycles. The van der Waals surface area contributed by atoms with Crippen molar-refractivity contribution in [2.24, 2.45) is 11.3 Å². The molecule has 0 bridgehead atoms. The fourth-order valence-corrected chi connectivity index (χ4v) is 2.90. The summed E-state index contributed by atoms with van der Waals surface area (Å²) in [5, 5.41) is 8.92. The molecule has 2 rings (SSSR count). The van der Waals surface area contributed by atoms with Crippen molar-refractivity contribution in [1.82, 2.24) is 19.6 Å². The zero-order valence-corrected chi connectivity index (χ0v) is 13.0. The standard InChI is InChI=1S/C14H21ClN4/c1-9(8-14(3,4)5)6-12-17-18-13-7-11(15)16-10(2)19(12)13/h7,9H,6,8H2,1-5H3. The Morgan fingerprint density at radius 1 is 1.32 bits per heavy atom. The smallest absolute Gasteiger partial charge is 0.165 e. The van der Waals surface area contributed by atoms with E-state index in [4.69, 9.17) is 11.6 Å². The fourth-order valence-electron chi connectivity index (χ4n) is 2.68. The Morgan fingerprint density at radius 3 is 2.63 bits per heavy atom. The van der Waals surface area contributed by atoms with Gasteiger partial charge in [0, 0.05) is 12.5 Å². The minimum atomic E-state index is 0.330. The molecular weight excluding hydrogens is 260 g/mol. The van der Waals surface area contributed by atoms with Crippen LogP contribution >= 0.6 is 11.6 Å². The Morgan fingerprint density at radius 2 is 2.00 bits per heavy atom. The molecule has 1 atom stereocenters. The highest BCUT2D eigenvalue weighted by molar-refractivity contribution is 6.29. The van der Waals surface area contributed by atoms with Crippen molar-refractivity contribution >= 4 is 17.2 Å². The van der Waals surface area contributed by atoms with Gasteiger partial charge in [0.1, 0.15) is 16.8 Å². The van der Waals surface area contributed by atoms with Gasteiger partial charge in [0.05, 0.1) is 0 Å². The molecule has 104 valence electrons. The molecule has 0 aliphatic heterocycles. The molecule has 0 spiro atoms. The molecule has 0 saturated carbocycles. The van der Waals surface area contributed by atoms with Gasteiger partial charge in [-0.25, -0.2) is 4.98 Å². The lowest BCUT2D eigenvalue weighted by Gasteiger charge is -2.22. The Labute approximate surface area is 119 Å². The molecule has 2 aromatic rings. The zero-order chi connectivity index (χ0) is 14.2. The number of aryl methyl sites for hydroxylation is 1. The molecule has 2 aromatic heterocycles. The Balaban J connectivity index is 2.27. The van der Waals surface area contributed by atoms with Crippen molar-refractivity contribution in [2.45, 2.75) is 47.5 Å².